The first kappa shape index (κ1) is 12.0. The first-order valence-electron chi connectivity index (χ1n) is 6.26. The zero-order valence-corrected chi connectivity index (χ0v) is 10.4. The van der Waals surface area contributed by atoms with E-state index in [-0.39, 0.29) is 5.95 Å². The highest BCUT2D eigenvalue weighted by Crippen LogP contribution is 2.25. The van der Waals surface area contributed by atoms with E-state index in [0.717, 1.165) is 18.3 Å². The molecule has 1 aliphatic rings. The van der Waals surface area contributed by atoms with Crippen LogP contribution in [0.1, 0.15) is 32.1 Å². The van der Waals surface area contributed by atoms with Crippen LogP contribution in [0.4, 0.5) is 17.6 Å². The quantitative estimate of drug-likeness (QED) is 0.832. The summed E-state index contributed by atoms with van der Waals surface area (Å²) in [5.41, 5.74) is 11.3. The van der Waals surface area contributed by atoms with Crippen molar-refractivity contribution in [2.75, 3.05) is 30.0 Å². The zero-order valence-electron chi connectivity index (χ0n) is 10.4. The molecule has 1 aromatic heterocycles. The number of nitrogens with two attached hydrogens (primary N) is 2. The Morgan fingerprint density at radius 3 is 2.59 bits per heavy atom. The van der Waals surface area contributed by atoms with Crippen LogP contribution in [0.5, 0.6) is 0 Å². The third kappa shape index (κ3) is 3.22. The molecule has 0 unspecified atom stereocenters. The highest BCUT2D eigenvalue weighted by Gasteiger charge is 2.16. The molecule has 5 nitrogen and oxygen atoms in total. The van der Waals surface area contributed by atoms with Gasteiger partial charge >= 0.3 is 0 Å². The molecular formula is C12H21N5. The molecule has 0 atom stereocenters. The predicted molar refractivity (Wildman–Crippen MR) is 70.7 cm³/mol. The van der Waals surface area contributed by atoms with Crippen molar-refractivity contribution in [2.24, 2.45) is 5.92 Å². The van der Waals surface area contributed by atoms with Gasteiger partial charge in [-0.25, -0.2) is 0 Å². The molecule has 1 heterocycles. The Kier molecular flexibility index (Phi) is 3.66. The average Bonchev–Trinajstić information content (AvgIpc) is 2.29. The molecule has 1 aliphatic carbocycles. The summed E-state index contributed by atoms with van der Waals surface area (Å²) in [6.45, 7) is 1.02. The molecule has 1 fully saturated rings. The summed E-state index contributed by atoms with van der Waals surface area (Å²) < 4.78 is 0. The third-order valence-electron chi connectivity index (χ3n) is 3.40. The van der Waals surface area contributed by atoms with Gasteiger partial charge in [-0.1, -0.05) is 19.3 Å². The molecular weight excluding hydrogens is 214 g/mol. The second-order valence-corrected chi connectivity index (χ2v) is 4.89. The molecule has 0 spiro atoms. The van der Waals surface area contributed by atoms with E-state index in [9.17, 15) is 0 Å². The van der Waals surface area contributed by atoms with Gasteiger partial charge < -0.3 is 16.4 Å². The molecule has 2 rings (SSSR count). The SMILES string of the molecule is CN(CC1CCCCC1)c1cc(N)nc(N)n1. The lowest BCUT2D eigenvalue weighted by atomic mass is 9.89. The molecule has 0 amide bonds. The van der Waals surface area contributed by atoms with Crippen molar-refractivity contribution in [3.05, 3.63) is 6.07 Å². The van der Waals surface area contributed by atoms with E-state index in [2.05, 4.69) is 14.9 Å². The normalized spacial score (nSPS) is 17.0. The van der Waals surface area contributed by atoms with Crippen LogP contribution >= 0.6 is 0 Å². The van der Waals surface area contributed by atoms with Crippen LogP contribution in [0.15, 0.2) is 6.07 Å². The Balaban J connectivity index is 2.00. The summed E-state index contributed by atoms with van der Waals surface area (Å²) in [6, 6.07) is 1.78. The number of nitrogen functional groups attached to an aromatic ring is 2. The molecule has 0 radical (unpaired) electrons. The molecule has 5 heteroatoms. The fraction of sp³-hybridized carbons (Fsp3) is 0.667. The standard InChI is InChI=1S/C12H21N5/c1-17(8-9-5-3-2-4-6-9)11-7-10(13)15-12(14)16-11/h7,9H,2-6,8H2,1H3,(H4,13,14,15,16). The Labute approximate surface area is 102 Å². The lowest BCUT2D eigenvalue weighted by molar-refractivity contribution is 0.361. The average molecular weight is 235 g/mol. The second-order valence-electron chi connectivity index (χ2n) is 4.89. The number of hydrogen-bond acceptors (Lipinski definition) is 5. The monoisotopic (exact) mass is 235 g/mol. The molecule has 0 aromatic carbocycles. The number of rotatable bonds is 3. The van der Waals surface area contributed by atoms with Gasteiger partial charge in [0.15, 0.2) is 0 Å². The summed E-state index contributed by atoms with van der Waals surface area (Å²) in [5.74, 6) is 2.27. The van der Waals surface area contributed by atoms with Crippen molar-refractivity contribution in [1.82, 2.24) is 9.97 Å². The van der Waals surface area contributed by atoms with Gasteiger partial charge in [-0.2, -0.15) is 9.97 Å². The maximum Gasteiger partial charge on any atom is 0.223 e. The summed E-state index contributed by atoms with van der Waals surface area (Å²) in [7, 11) is 2.04. The van der Waals surface area contributed by atoms with Crippen LogP contribution in [0.25, 0.3) is 0 Å². The fourth-order valence-electron chi connectivity index (χ4n) is 2.52. The molecule has 0 saturated heterocycles. The van der Waals surface area contributed by atoms with Gasteiger partial charge in [-0.3, -0.25) is 0 Å². The zero-order chi connectivity index (χ0) is 12.3. The van der Waals surface area contributed by atoms with Crippen LogP contribution in [-0.2, 0) is 0 Å². The van der Waals surface area contributed by atoms with E-state index in [1.807, 2.05) is 7.05 Å². The summed E-state index contributed by atoms with van der Waals surface area (Å²) in [4.78, 5) is 10.2. The maximum atomic E-state index is 5.67. The largest absolute Gasteiger partial charge is 0.383 e. The highest BCUT2D eigenvalue weighted by atomic mass is 15.2. The Bertz CT molecular complexity index is 353. The maximum absolute atomic E-state index is 5.67. The minimum atomic E-state index is 0.246. The fourth-order valence-corrected chi connectivity index (χ4v) is 2.52. The molecule has 0 bridgehead atoms. The second kappa shape index (κ2) is 5.21. The van der Waals surface area contributed by atoms with E-state index in [1.54, 1.807) is 6.07 Å². The Morgan fingerprint density at radius 1 is 1.24 bits per heavy atom. The summed E-state index contributed by atoms with van der Waals surface area (Å²) in [6.07, 6.45) is 6.73. The van der Waals surface area contributed by atoms with Crippen LogP contribution in [0.3, 0.4) is 0 Å². The topological polar surface area (TPSA) is 81.1 Å². The lowest BCUT2D eigenvalue weighted by Crippen LogP contribution is -2.27. The lowest BCUT2D eigenvalue weighted by Gasteiger charge is -2.27. The molecule has 17 heavy (non-hydrogen) atoms. The minimum Gasteiger partial charge on any atom is -0.383 e. The van der Waals surface area contributed by atoms with Gasteiger partial charge in [0.25, 0.3) is 0 Å². The van der Waals surface area contributed by atoms with Crippen molar-refractivity contribution in [2.45, 2.75) is 32.1 Å². The van der Waals surface area contributed by atoms with E-state index in [0.29, 0.717) is 5.82 Å². The van der Waals surface area contributed by atoms with E-state index in [4.69, 9.17) is 11.5 Å². The van der Waals surface area contributed by atoms with Gasteiger partial charge in [-0.05, 0) is 18.8 Å². The van der Waals surface area contributed by atoms with Crippen molar-refractivity contribution in [3.63, 3.8) is 0 Å². The van der Waals surface area contributed by atoms with Crippen LogP contribution in [-0.4, -0.2) is 23.6 Å². The van der Waals surface area contributed by atoms with Gasteiger partial charge in [0, 0.05) is 19.7 Å². The number of anilines is 3. The van der Waals surface area contributed by atoms with Gasteiger partial charge in [0.2, 0.25) is 5.95 Å². The Morgan fingerprint density at radius 2 is 1.94 bits per heavy atom. The number of hydrogen-bond donors (Lipinski definition) is 2. The van der Waals surface area contributed by atoms with Crippen molar-refractivity contribution >= 4 is 17.6 Å². The molecule has 1 saturated carbocycles. The van der Waals surface area contributed by atoms with Gasteiger partial charge in [0.05, 0.1) is 0 Å². The minimum absolute atomic E-state index is 0.246. The molecule has 1 aromatic rings. The first-order chi connectivity index (χ1) is 8.15. The van der Waals surface area contributed by atoms with Gasteiger partial charge in [-0.15, -0.1) is 0 Å². The van der Waals surface area contributed by atoms with Crippen LogP contribution < -0.4 is 16.4 Å². The third-order valence-corrected chi connectivity index (χ3v) is 3.40. The van der Waals surface area contributed by atoms with Gasteiger partial charge in [0.1, 0.15) is 11.6 Å². The Hall–Kier alpha value is -1.52. The summed E-state index contributed by atoms with van der Waals surface area (Å²) >= 11 is 0. The molecule has 94 valence electrons. The number of nitrogens with zero attached hydrogens (tertiary/aromatic N) is 3. The highest BCUT2D eigenvalue weighted by molar-refractivity contribution is 5.49. The van der Waals surface area contributed by atoms with Crippen LogP contribution in [0, 0.1) is 5.92 Å². The molecule has 4 N–H and O–H groups in total. The predicted octanol–water partition coefficient (Wildman–Crippen LogP) is 1.66. The van der Waals surface area contributed by atoms with Crippen molar-refractivity contribution < 1.29 is 0 Å². The first-order valence-corrected chi connectivity index (χ1v) is 6.26. The smallest absolute Gasteiger partial charge is 0.223 e. The molecule has 0 aliphatic heterocycles. The number of aromatic nitrogens is 2. The summed E-state index contributed by atoms with van der Waals surface area (Å²) in [5, 5.41) is 0. The van der Waals surface area contributed by atoms with E-state index in [1.165, 1.54) is 32.1 Å². The van der Waals surface area contributed by atoms with Crippen molar-refractivity contribution in [3.8, 4) is 0 Å². The van der Waals surface area contributed by atoms with E-state index < -0.39 is 0 Å². The van der Waals surface area contributed by atoms with E-state index >= 15 is 0 Å². The van der Waals surface area contributed by atoms with Crippen LogP contribution in [0.2, 0.25) is 0 Å². The van der Waals surface area contributed by atoms with Crippen molar-refractivity contribution in [1.29, 1.82) is 0 Å².